The van der Waals surface area contributed by atoms with Crippen LogP contribution in [0.3, 0.4) is 0 Å². The molecule has 1 atom stereocenters. The number of hydrogen-bond donors (Lipinski definition) is 1. The molecule has 1 aromatic carbocycles. The summed E-state index contributed by atoms with van der Waals surface area (Å²) in [4.78, 5) is 33.7. The molecule has 0 unspecified atom stereocenters. The molecule has 0 spiro atoms. The maximum absolute atomic E-state index is 13.6. The Labute approximate surface area is 146 Å². The summed E-state index contributed by atoms with van der Waals surface area (Å²) >= 11 is 0. The van der Waals surface area contributed by atoms with Gasteiger partial charge in [0.1, 0.15) is 12.1 Å². The zero-order valence-corrected chi connectivity index (χ0v) is 14.5. The Balaban J connectivity index is 1.88. The highest BCUT2D eigenvalue weighted by Crippen LogP contribution is 2.18. The third-order valence-corrected chi connectivity index (χ3v) is 3.97. The molecule has 1 N–H and O–H groups in total. The van der Waals surface area contributed by atoms with Gasteiger partial charge in [0.2, 0.25) is 11.8 Å². The van der Waals surface area contributed by atoms with Crippen LogP contribution >= 0.6 is 0 Å². The topological polar surface area (TPSA) is 75.2 Å². The van der Waals surface area contributed by atoms with Gasteiger partial charge in [-0.1, -0.05) is 6.07 Å². The zero-order valence-electron chi connectivity index (χ0n) is 14.5. The van der Waals surface area contributed by atoms with Crippen LogP contribution in [0.4, 0.5) is 10.1 Å². The molecule has 0 aliphatic heterocycles. The molecule has 2 amide bonds. The summed E-state index contributed by atoms with van der Waals surface area (Å²) in [5, 5.41) is 2.50. The van der Waals surface area contributed by atoms with Crippen molar-refractivity contribution in [2.45, 2.75) is 32.7 Å². The van der Waals surface area contributed by atoms with Crippen LogP contribution in [0.2, 0.25) is 0 Å². The molecule has 25 heavy (non-hydrogen) atoms. The average molecular weight is 344 g/mol. The van der Waals surface area contributed by atoms with Crippen LogP contribution in [0, 0.1) is 12.7 Å². The number of carbonyl (C=O) groups is 2. The van der Waals surface area contributed by atoms with Crippen molar-refractivity contribution >= 4 is 17.5 Å². The Morgan fingerprint density at radius 1 is 1.28 bits per heavy atom. The Morgan fingerprint density at radius 2 is 2.04 bits per heavy atom. The number of carbonyl (C=O) groups excluding carboxylic acids is 2. The SMILES string of the molecule is Cc1ccc(F)c(NC(=O)CCC(=O)N(C)[C@H](C)c2ccncn2)c1. The Hall–Kier alpha value is -2.83. The maximum atomic E-state index is 13.6. The molecule has 0 saturated heterocycles. The van der Waals surface area contributed by atoms with E-state index in [4.69, 9.17) is 0 Å². The van der Waals surface area contributed by atoms with E-state index < -0.39 is 11.7 Å². The number of anilines is 1. The van der Waals surface area contributed by atoms with Gasteiger partial charge in [-0.2, -0.15) is 0 Å². The summed E-state index contributed by atoms with van der Waals surface area (Å²) in [5.74, 6) is -1.09. The summed E-state index contributed by atoms with van der Waals surface area (Å²) in [6.45, 7) is 3.66. The summed E-state index contributed by atoms with van der Waals surface area (Å²) in [6, 6.07) is 5.98. The van der Waals surface area contributed by atoms with Crippen molar-refractivity contribution in [3.05, 3.63) is 53.9 Å². The number of amides is 2. The molecule has 132 valence electrons. The third kappa shape index (κ3) is 5.07. The molecule has 2 rings (SSSR count). The van der Waals surface area contributed by atoms with Crippen LogP contribution in [0.25, 0.3) is 0 Å². The molecule has 0 radical (unpaired) electrons. The molecule has 0 saturated carbocycles. The van der Waals surface area contributed by atoms with Gasteiger partial charge < -0.3 is 10.2 Å². The Kier molecular flexibility index (Phi) is 6.16. The quantitative estimate of drug-likeness (QED) is 0.874. The van der Waals surface area contributed by atoms with Gasteiger partial charge >= 0.3 is 0 Å². The minimum Gasteiger partial charge on any atom is -0.337 e. The number of benzene rings is 1. The smallest absolute Gasteiger partial charge is 0.224 e. The highest BCUT2D eigenvalue weighted by molar-refractivity contribution is 5.93. The fourth-order valence-corrected chi connectivity index (χ4v) is 2.31. The van der Waals surface area contributed by atoms with E-state index in [9.17, 15) is 14.0 Å². The van der Waals surface area contributed by atoms with Crippen LogP contribution < -0.4 is 5.32 Å². The van der Waals surface area contributed by atoms with E-state index in [1.165, 1.54) is 17.3 Å². The second-order valence-corrected chi connectivity index (χ2v) is 5.85. The highest BCUT2D eigenvalue weighted by atomic mass is 19.1. The summed E-state index contributed by atoms with van der Waals surface area (Å²) in [5.41, 5.74) is 1.68. The van der Waals surface area contributed by atoms with E-state index in [2.05, 4.69) is 15.3 Å². The van der Waals surface area contributed by atoms with Crippen LogP contribution in [0.1, 0.15) is 37.1 Å². The molecule has 1 aromatic heterocycles. The van der Waals surface area contributed by atoms with E-state index in [1.54, 1.807) is 31.4 Å². The Bertz CT molecular complexity index is 752. The summed E-state index contributed by atoms with van der Waals surface area (Å²) < 4.78 is 13.6. The van der Waals surface area contributed by atoms with Gasteiger partial charge in [0.25, 0.3) is 0 Å². The molecular formula is C18H21FN4O2. The van der Waals surface area contributed by atoms with E-state index in [-0.39, 0.29) is 30.5 Å². The predicted octanol–water partition coefficient (Wildman–Crippen LogP) is 2.86. The first-order valence-electron chi connectivity index (χ1n) is 7.96. The number of aromatic nitrogens is 2. The predicted molar refractivity (Wildman–Crippen MR) is 92.2 cm³/mol. The first-order valence-corrected chi connectivity index (χ1v) is 7.96. The van der Waals surface area contributed by atoms with Gasteiger partial charge in [-0.25, -0.2) is 14.4 Å². The largest absolute Gasteiger partial charge is 0.337 e. The van der Waals surface area contributed by atoms with Crippen molar-refractivity contribution < 1.29 is 14.0 Å². The number of rotatable bonds is 6. The lowest BCUT2D eigenvalue weighted by Gasteiger charge is -2.24. The van der Waals surface area contributed by atoms with E-state index in [0.717, 1.165) is 11.3 Å². The van der Waals surface area contributed by atoms with Crippen molar-refractivity contribution in [1.29, 1.82) is 0 Å². The fraction of sp³-hybridized carbons (Fsp3) is 0.333. The van der Waals surface area contributed by atoms with Crippen molar-refractivity contribution in [2.75, 3.05) is 12.4 Å². The molecule has 0 aliphatic rings. The number of halogens is 1. The first kappa shape index (κ1) is 18.5. The van der Waals surface area contributed by atoms with Gasteiger partial charge in [0.05, 0.1) is 17.4 Å². The lowest BCUT2D eigenvalue weighted by atomic mass is 10.1. The van der Waals surface area contributed by atoms with Crippen molar-refractivity contribution in [1.82, 2.24) is 14.9 Å². The van der Waals surface area contributed by atoms with Crippen LogP contribution in [-0.4, -0.2) is 33.7 Å². The Morgan fingerprint density at radius 3 is 2.72 bits per heavy atom. The molecule has 0 bridgehead atoms. The van der Waals surface area contributed by atoms with Crippen LogP contribution in [0.5, 0.6) is 0 Å². The lowest BCUT2D eigenvalue weighted by molar-refractivity contribution is -0.133. The molecule has 0 fully saturated rings. The van der Waals surface area contributed by atoms with Crippen molar-refractivity contribution in [2.24, 2.45) is 0 Å². The summed E-state index contributed by atoms with van der Waals surface area (Å²) in [6.07, 6.45) is 3.05. The standard InChI is InChI=1S/C18H21FN4O2/c1-12-4-5-14(19)16(10-12)22-17(24)6-7-18(25)23(3)13(2)15-8-9-20-11-21-15/h4-5,8-11,13H,6-7H2,1-3H3,(H,22,24)/t13-/m1/s1. The lowest BCUT2D eigenvalue weighted by Crippen LogP contribution is -2.30. The fourth-order valence-electron chi connectivity index (χ4n) is 2.31. The highest BCUT2D eigenvalue weighted by Gasteiger charge is 2.19. The second-order valence-electron chi connectivity index (χ2n) is 5.85. The number of nitrogens with one attached hydrogen (secondary N) is 1. The van der Waals surface area contributed by atoms with Crippen molar-refractivity contribution in [3.63, 3.8) is 0 Å². The second kappa shape index (κ2) is 8.32. The van der Waals surface area contributed by atoms with Crippen LogP contribution in [-0.2, 0) is 9.59 Å². The number of aryl methyl sites for hydroxylation is 1. The third-order valence-electron chi connectivity index (χ3n) is 3.97. The molecular weight excluding hydrogens is 323 g/mol. The van der Waals surface area contributed by atoms with Crippen molar-refractivity contribution in [3.8, 4) is 0 Å². The van der Waals surface area contributed by atoms with E-state index in [1.807, 2.05) is 13.8 Å². The van der Waals surface area contributed by atoms with Crippen LogP contribution in [0.15, 0.2) is 36.8 Å². The number of nitrogens with zero attached hydrogens (tertiary/aromatic N) is 3. The van der Waals surface area contributed by atoms with Gasteiger partial charge in [0, 0.05) is 26.1 Å². The van der Waals surface area contributed by atoms with Gasteiger partial charge in [0.15, 0.2) is 0 Å². The van der Waals surface area contributed by atoms with E-state index in [0.29, 0.717) is 0 Å². The monoisotopic (exact) mass is 344 g/mol. The zero-order chi connectivity index (χ0) is 18.4. The molecule has 2 aromatic rings. The maximum Gasteiger partial charge on any atom is 0.224 e. The molecule has 0 aliphatic carbocycles. The van der Waals surface area contributed by atoms with Gasteiger partial charge in [-0.3, -0.25) is 9.59 Å². The number of hydrogen-bond acceptors (Lipinski definition) is 4. The van der Waals surface area contributed by atoms with Gasteiger partial charge in [-0.15, -0.1) is 0 Å². The van der Waals surface area contributed by atoms with E-state index >= 15 is 0 Å². The molecule has 1 heterocycles. The molecule has 6 nitrogen and oxygen atoms in total. The summed E-state index contributed by atoms with van der Waals surface area (Å²) in [7, 11) is 1.66. The molecule has 7 heteroatoms. The van der Waals surface area contributed by atoms with Gasteiger partial charge in [-0.05, 0) is 37.6 Å². The average Bonchev–Trinajstić information content (AvgIpc) is 2.62. The first-order chi connectivity index (χ1) is 11.9. The minimum atomic E-state index is -0.500. The minimum absolute atomic E-state index is 0.0208. The normalized spacial score (nSPS) is 11.7.